The van der Waals surface area contributed by atoms with E-state index in [0.717, 1.165) is 13.0 Å². The van der Waals surface area contributed by atoms with Crippen molar-refractivity contribution in [1.82, 2.24) is 5.32 Å². The zero-order valence-corrected chi connectivity index (χ0v) is 17.2. The van der Waals surface area contributed by atoms with Gasteiger partial charge in [-0.05, 0) is 37.3 Å². The summed E-state index contributed by atoms with van der Waals surface area (Å²) in [5.74, 6) is -2.33. The number of ether oxygens (including phenoxy) is 1. The van der Waals surface area contributed by atoms with E-state index < -0.39 is 44.6 Å². The molecule has 0 heterocycles. The highest BCUT2D eigenvalue weighted by molar-refractivity contribution is 8.45. The van der Waals surface area contributed by atoms with Crippen molar-refractivity contribution in [3.05, 3.63) is 58.6 Å². The molecule has 0 fully saturated rings. The maximum Gasteiger partial charge on any atom is 0.311 e. The molecule has 0 aliphatic rings. The van der Waals surface area contributed by atoms with E-state index in [4.69, 9.17) is 22.1 Å². The van der Waals surface area contributed by atoms with Gasteiger partial charge in [0.1, 0.15) is 17.3 Å². The molecule has 0 aromatic heterocycles. The minimum atomic E-state index is -10.2. The van der Waals surface area contributed by atoms with Crippen LogP contribution in [0.1, 0.15) is 27.6 Å². The van der Waals surface area contributed by atoms with Crippen LogP contribution in [0.2, 0.25) is 5.02 Å². The van der Waals surface area contributed by atoms with E-state index >= 15 is 0 Å². The van der Waals surface area contributed by atoms with Crippen molar-refractivity contribution in [3.8, 4) is 11.8 Å². The number of hydrogen-bond donors (Lipinski definition) is 2. The van der Waals surface area contributed by atoms with Crippen LogP contribution in [0.3, 0.4) is 0 Å². The number of benzene rings is 2. The predicted octanol–water partition coefficient (Wildman–Crippen LogP) is 5.19. The molecule has 2 aromatic rings. The monoisotopic (exact) mass is 483 g/mol. The third-order valence-electron chi connectivity index (χ3n) is 3.92. The zero-order valence-electron chi connectivity index (χ0n) is 15.7. The van der Waals surface area contributed by atoms with Crippen LogP contribution in [0.15, 0.2) is 47.4 Å². The Hall–Kier alpha value is -3.04. The van der Waals surface area contributed by atoms with Crippen molar-refractivity contribution in [2.24, 2.45) is 5.73 Å². The highest BCUT2D eigenvalue weighted by Gasteiger charge is 2.67. The summed E-state index contributed by atoms with van der Waals surface area (Å²) in [6.07, 6.45) is 0. The Morgan fingerprint density at radius 3 is 2.32 bits per heavy atom. The lowest BCUT2D eigenvalue weighted by Gasteiger charge is -2.41. The highest BCUT2D eigenvalue weighted by Crippen LogP contribution is 3.02. The number of primary amides is 1. The van der Waals surface area contributed by atoms with Gasteiger partial charge < -0.3 is 15.8 Å². The van der Waals surface area contributed by atoms with Crippen LogP contribution in [0.25, 0.3) is 0 Å². The highest BCUT2D eigenvalue weighted by atomic mass is 35.5. The van der Waals surface area contributed by atoms with Crippen molar-refractivity contribution in [3.63, 3.8) is 0 Å². The molecule has 0 saturated heterocycles. The minimum absolute atomic E-state index is 0.0187. The molecular weight excluding hydrogens is 469 g/mol. The summed E-state index contributed by atoms with van der Waals surface area (Å²) in [4.78, 5) is 21.1. The van der Waals surface area contributed by atoms with Crippen molar-refractivity contribution >= 4 is 33.6 Å². The molecule has 1 atom stereocenters. The van der Waals surface area contributed by atoms with Gasteiger partial charge in [-0.25, -0.2) is 0 Å². The Bertz CT molecular complexity index is 1110. The molecule has 1 unspecified atom stereocenters. The van der Waals surface area contributed by atoms with Crippen LogP contribution in [-0.2, 0) is 0 Å². The SMILES string of the molecule is CC(C#N)(COc1ccc(C(N)=O)cc1Cl)NC(=O)c1ccccc1S(F)(F)(F)(F)F. The summed E-state index contributed by atoms with van der Waals surface area (Å²) < 4.78 is 71.7. The van der Waals surface area contributed by atoms with Gasteiger partial charge >= 0.3 is 10.2 Å². The van der Waals surface area contributed by atoms with Crippen molar-refractivity contribution in [1.29, 1.82) is 5.26 Å². The van der Waals surface area contributed by atoms with Crippen LogP contribution in [0.4, 0.5) is 19.4 Å². The number of rotatable bonds is 7. The van der Waals surface area contributed by atoms with Crippen LogP contribution in [0.5, 0.6) is 5.75 Å². The van der Waals surface area contributed by atoms with Gasteiger partial charge in [0.25, 0.3) is 5.91 Å². The fourth-order valence-electron chi connectivity index (χ4n) is 2.40. The van der Waals surface area contributed by atoms with Gasteiger partial charge in [0.15, 0.2) is 5.54 Å². The first kappa shape index (κ1) is 24.2. The molecule has 6 nitrogen and oxygen atoms in total. The molecule has 0 aliphatic heterocycles. The van der Waals surface area contributed by atoms with Crippen molar-refractivity contribution in [2.75, 3.05) is 6.61 Å². The van der Waals surface area contributed by atoms with E-state index in [0.29, 0.717) is 12.1 Å². The fraction of sp³-hybridized carbons (Fsp3) is 0.167. The van der Waals surface area contributed by atoms with Gasteiger partial charge in [-0.3, -0.25) is 9.59 Å². The summed E-state index contributed by atoms with van der Waals surface area (Å²) in [5.41, 5.74) is 1.92. The van der Waals surface area contributed by atoms with Gasteiger partial charge in [0.05, 0.1) is 16.7 Å². The van der Waals surface area contributed by atoms with Gasteiger partial charge in [-0.1, -0.05) is 43.2 Å². The molecule has 13 heteroatoms. The fourth-order valence-corrected chi connectivity index (χ4v) is 3.55. The number of halogens is 6. The van der Waals surface area contributed by atoms with E-state index in [1.165, 1.54) is 18.2 Å². The van der Waals surface area contributed by atoms with Gasteiger partial charge in [0.2, 0.25) is 5.91 Å². The topological polar surface area (TPSA) is 105 Å². The van der Waals surface area contributed by atoms with E-state index in [9.17, 15) is 34.3 Å². The van der Waals surface area contributed by atoms with E-state index in [2.05, 4.69) is 0 Å². The molecule has 0 bridgehead atoms. The summed E-state index contributed by atoms with van der Waals surface area (Å²) in [5, 5.41) is 11.3. The Labute approximate surface area is 178 Å². The predicted molar refractivity (Wildman–Crippen MR) is 105 cm³/mol. The van der Waals surface area contributed by atoms with Crippen LogP contribution in [-0.4, -0.2) is 24.0 Å². The molecule has 2 aromatic carbocycles. The summed E-state index contributed by atoms with van der Waals surface area (Å²) >= 11 is 5.94. The first-order valence-electron chi connectivity index (χ1n) is 8.25. The molecule has 0 spiro atoms. The van der Waals surface area contributed by atoms with E-state index in [-0.39, 0.29) is 22.4 Å². The Morgan fingerprint density at radius 2 is 1.81 bits per heavy atom. The number of carbonyl (C=O) groups excluding carboxylic acids is 2. The minimum Gasteiger partial charge on any atom is -0.488 e. The molecule has 2 rings (SSSR count). The Balaban J connectivity index is 2.27. The average molecular weight is 484 g/mol. The Kier molecular flexibility index (Phi) is 5.69. The van der Waals surface area contributed by atoms with Gasteiger partial charge in [-0.15, -0.1) is 0 Å². The quantitative estimate of drug-likeness (QED) is 0.529. The number of nitrogens with one attached hydrogen (secondary N) is 1. The van der Waals surface area contributed by atoms with Gasteiger partial charge in [-0.2, -0.15) is 5.26 Å². The molecule has 3 N–H and O–H groups in total. The Morgan fingerprint density at radius 1 is 1.19 bits per heavy atom. The van der Waals surface area contributed by atoms with E-state index in [1.54, 1.807) is 6.07 Å². The second-order valence-corrected chi connectivity index (χ2v) is 9.45. The van der Waals surface area contributed by atoms with Crippen molar-refractivity contribution in [2.45, 2.75) is 17.4 Å². The first-order valence-corrected chi connectivity index (χ1v) is 10.6. The normalized spacial score (nSPS) is 15.5. The summed E-state index contributed by atoms with van der Waals surface area (Å²) in [6, 6.07) is 7.71. The smallest absolute Gasteiger partial charge is 0.311 e. The van der Waals surface area contributed by atoms with Crippen LogP contribution < -0.4 is 15.8 Å². The summed E-state index contributed by atoms with van der Waals surface area (Å²) in [7, 11) is -10.2. The third-order valence-corrected chi connectivity index (χ3v) is 5.40. The largest absolute Gasteiger partial charge is 0.488 e. The van der Waals surface area contributed by atoms with E-state index in [1.807, 2.05) is 5.32 Å². The van der Waals surface area contributed by atoms with Gasteiger partial charge in [0, 0.05) is 5.56 Å². The molecule has 0 saturated carbocycles. The molecule has 0 radical (unpaired) electrons. The molecular formula is C18H15ClF5N3O3S. The molecule has 31 heavy (non-hydrogen) atoms. The average Bonchev–Trinajstić information content (AvgIpc) is 2.65. The second-order valence-electron chi connectivity index (χ2n) is 6.66. The maximum atomic E-state index is 13.3. The zero-order chi connectivity index (χ0) is 23.7. The standard InChI is InChI=1S/C18H15ClF5N3O3S/c1-18(9-25,10-30-14-7-6-11(16(26)28)8-13(14)19)27-17(29)12-4-2-3-5-15(12)31(20,21,22,23)24/h2-8H,10H2,1H3,(H2,26,28)(H,27,29). The van der Waals surface area contributed by atoms with Crippen LogP contribution >= 0.6 is 21.8 Å². The number of nitrogens with zero attached hydrogens (tertiary/aromatic N) is 1. The maximum absolute atomic E-state index is 13.3. The number of hydrogen-bond acceptors (Lipinski definition) is 4. The number of carbonyl (C=O) groups is 2. The second kappa shape index (κ2) is 7.28. The number of nitrogens with two attached hydrogens (primary N) is 1. The lowest BCUT2D eigenvalue weighted by molar-refractivity contribution is 0.0895. The molecule has 0 aliphatic carbocycles. The molecule has 168 valence electrons. The first-order chi connectivity index (χ1) is 14.0. The third kappa shape index (κ3) is 5.99. The number of amides is 2. The number of nitriles is 1. The summed E-state index contributed by atoms with van der Waals surface area (Å²) in [6.45, 7) is 0.502. The lowest BCUT2D eigenvalue weighted by atomic mass is 10.0. The van der Waals surface area contributed by atoms with Crippen LogP contribution in [0, 0.1) is 11.3 Å². The molecule has 2 amide bonds. The van der Waals surface area contributed by atoms with Crippen molar-refractivity contribution < 1.29 is 33.8 Å². The lowest BCUT2D eigenvalue weighted by Crippen LogP contribution is -2.49.